The lowest BCUT2D eigenvalue weighted by molar-refractivity contribution is -0.188. The average Bonchev–Trinajstić information content (AvgIpc) is 3.11. The number of nitrogens with zero attached hydrogens (tertiary/aromatic N) is 2. The van der Waals surface area contributed by atoms with Gasteiger partial charge in [-0.1, -0.05) is 73.5 Å². The summed E-state index contributed by atoms with van der Waals surface area (Å²) in [5.74, 6) is -6.21. The quantitative estimate of drug-likeness (QED) is 0.119. The van der Waals surface area contributed by atoms with E-state index in [4.69, 9.17) is 9.47 Å². The molecule has 3 saturated carbocycles. The number of benzene rings is 4. The van der Waals surface area contributed by atoms with Gasteiger partial charge in [-0.05, 0) is 97.2 Å². The van der Waals surface area contributed by atoms with Crippen LogP contribution in [0.5, 0.6) is 23.0 Å². The highest BCUT2D eigenvalue weighted by atomic mass is 16.5. The van der Waals surface area contributed by atoms with Crippen LogP contribution < -0.4 is 9.47 Å². The zero-order chi connectivity index (χ0) is 37.6. The number of hydrogen-bond donors (Lipinski definition) is 2. The van der Waals surface area contributed by atoms with Gasteiger partial charge in [0.25, 0.3) is 0 Å². The summed E-state index contributed by atoms with van der Waals surface area (Å²) in [5.41, 5.74) is 1.64. The van der Waals surface area contributed by atoms with Crippen LogP contribution in [0.4, 0.5) is 0 Å². The van der Waals surface area contributed by atoms with Gasteiger partial charge in [0, 0.05) is 26.2 Å². The molecule has 3 aliphatic carbocycles. The topological polar surface area (TPSA) is 134 Å². The van der Waals surface area contributed by atoms with E-state index in [1.54, 1.807) is 9.80 Å². The van der Waals surface area contributed by atoms with Crippen LogP contribution in [0.15, 0.2) is 109 Å². The minimum absolute atomic E-state index is 0.200. The Morgan fingerprint density at radius 3 is 1.11 bits per heavy atom. The van der Waals surface area contributed by atoms with Gasteiger partial charge in [0.1, 0.15) is 23.0 Å². The molecule has 10 heteroatoms. The number of carbonyl (C=O) groups excluding carboxylic acids is 2. The van der Waals surface area contributed by atoms with Crippen molar-refractivity contribution in [1.82, 2.24) is 9.80 Å². The van der Waals surface area contributed by atoms with E-state index in [1.165, 1.54) is 0 Å². The van der Waals surface area contributed by atoms with Gasteiger partial charge in [0.15, 0.2) is 0 Å². The molecule has 10 nitrogen and oxygen atoms in total. The van der Waals surface area contributed by atoms with Crippen molar-refractivity contribution in [3.63, 3.8) is 0 Å². The minimum Gasteiger partial charge on any atom is -0.481 e. The summed E-state index contributed by atoms with van der Waals surface area (Å²) in [6, 6.07) is 33.6. The van der Waals surface area contributed by atoms with Crippen molar-refractivity contribution >= 4 is 23.8 Å². The van der Waals surface area contributed by atoms with Crippen molar-refractivity contribution in [3.05, 3.63) is 120 Å². The Morgan fingerprint density at radius 2 is 0.815 bits per heavy atom. The lowest BCUT2D eigenvalue weighted by Gasteiger charge is -2.49. The number of hydrogen-bond acceptors (Lipinski definition) is 6. The van der Waals surface area contributed by atoms with E-state index in [2.05, 4.69) is 0 Å². The van der Waals surface area contributed by atoms with Crippen molar-refractivity contribution in [2.45, 2.75) is 51.6 Å². The van der Waals surface area contributed by atoms with Gasteiger partial charge in [-0.2, -0.15) is 0 Å². The zero-order valence-electron chi connectivity index (χ0n) is 30.2. The summed E-state index contributed by atoms with van der Waals surface area (Å²) in [5, 5.41) is 20.7. The molecule has 4 aromatic rings. The van der Waals surface area contributed by atoms with E-state index in [0.29, 0.717) is 36.1 Å². The van der Waals surface area contributed by atoms with Crippen LogP contribution in [0.3, 0.4) is 0 Å². The molecule has 0 heterocycles. The number of carbonyl (C=O) groups is 4. The third-order valence-corrected chi connectivity index (χ3v) is 11.3. The van der Waals surface area contributed by atoms with E-state index in [0.717, 1.165) is 49.7 Å². The molecule has 54 heavy (non-hydrogen) atoms. The van der Waals surface area contributed by atoms with Gasteiger partial charge in [-0.3, -0.25) is 19.2 Å². The largest absolute Gasteiger partial charge is 0.481 e. The van der Waals surface area contributed by atoms with Crippen molar-refractivity contribution in [1.29, 1.82) is 0 Å². The smallest absolute Gasteiger partial charge is 0.308 e. The van der Waals surface area contributed by atoms with E-state index in [9.17, 15) is 29.4 Å². The van der Waals surface area contributed by atoms with Gasteiger partial charge in [-0.25, -0.2) is 0 Å². The molecule has 7 rings (SSSR count). The zero-order valence-corrected chi connectivity index (χ0v) is 30.2. The van der Waals surface area contributed by atoms with E-state index in [-0.39, 0.29) is 24.9 Å². The fourth-order valence-corrected chi connectivity index (χ4v) is 7.85. The molecule has 0 saturated heterocycles. The van der Waals surface area contributed by atoms with Gasteiger partial charge < -0.3 is 29.5 Å². The normalized spacial score (nSPS) is 20.7. The first-order chi connectivity index (χ1) is 26.2. The highest BCUT2D eigenvalue weighted by molar-refractivity contribution is 5.99. The van der Waals surface area contributed by atoms with Crippen LogP contribution in [-0.2, 0) is 32.3 Å². The Kier molecular flexibility index (Phi) is 11.3. The number of carboxylic acid groups (broad SMARTS) is 2. The third-order valence-electron chi connectivity index (χ3n) is 11.3. The van der Waals surface area contributed by atoms with Crippen molar-refractivity contribution in [2.75, 3.05) is 13.1 Å². The number of ether oxygens (including phenoxy) is 2. The van der Waals surface area contributed by atoms with E-state index in [1.807, 2.05) is 109 Å². The van der Waals surface area contributed by atoms with Crippen LogP contribution in [-0.4, -0.2) is 56.9 Å². The lowest BCUT2D eigenvalue weighted by Crippen LogP contribution is -2.64. The molecular formula is C44H46N2O8. The predicted molar refractivity (Wildman–Crippen MR) is 201 cm³/mol. The van der Waals surface area contributed by atoms with E-state index >= 15 is 0 Å². The second-order valence-electron chi connectivity index (χ2n) is 14.9. The monoisotopic (exact) mass is 730 g/mol. The molecule has 2 amide bonds. The maximum Gasteiger partial charge on any atom is 0.308 e. The molecular weight excluding hydrogens is 684 g/mol. The van der Waals surface area contributed by atoms with Crippen molar-refractivity contribution in [2.24, 2.45) is 35.5 Å². The second-order valence-corrected chi connectivity index (χ2v) is 14.9. The lowest BCUT2D eigenvalue weighted by atomic mass is 9.55. The molecule has 4 atom stereocenters. The van der Waals surface area contributed by atoms with Crippen LogP contribution in [0.2, 0.25) is 0 Å². The van der Waals surface area contributed by atoms with Crippen molar-refractivity contribution < 1.29 is 38.9 Å². The van der Waals surface area contributed by atoms with Crippen LogP contribution in [0, 0.1) is 35.5 Å². The summed E-state index contributed by atoms with van der Waals surface area (Å²) < 4.78 is 11.9. The Bertz CT molecular complexity index is 1770. The predicted octanol–water partition coefficient (Wildman–Crippen LogP) is 7.88. The maximum absolute atomic E-state index is 14.6. The Labute approximate surface area is 315 Å². The highest BCUT2D eigenvalue weighted by Gasteiger charge is 2.65. The number of carboxylic acids is 2. The standard InChI is InChI=1S/C44H46N2O8/c47-41(45(25-29-9-7-10-29)27-31-17-21-35(22-18-31)53-33-13-3-1-4-14-33)37-38(40(44(51)52)39(37)43(49)50)42(48)46(26-30-11-8-12-30)28-32-19-23-36(24-20-32)54-34-15-5-2-6-16-34/h1-6,13-24,29-30,37-40H,7-12,25-28H2,(H,49,50)(H,51,52). The summed E-state index contributed by atoms with van der Waals surface area (Å²) >= 11 is 0. The van der Waals surface area contributed by atoms with Crippen LogP contribution in [0.25, 0.3) is 0 Å². The van der Waals surface area contributed by atoms with Gasteiger partial charge in [0.2, 0.25) is 11.8 Å². The van der Waals surface area contributed by atoms with Crippen LogP contribution in [0.1, 0.15) is 49.7 Å². The Hall–Kier alpha value is -5.64. The summed E-state index contributed by atoms with van der Waals surface area (Å²) in [6.07, 6.45) is 5.90. The Morgan fingerprint density at radius 1 is 0.481 bits per heavy atom. The third kappa shape index (κ3) is 8.43. The van der Waals surface area contributed by atoms with Crippen molar-refractivity contribution in [3.8, 4) is 23.0 Å². The molecule has 0 aromatic heterocycles. The molecule has 0 bridgehead atoms. The fourth-order valence-electron chi connectivity index (χ4n) is 7.85. The molecule has 0 spiro atoms. The molecule has 3 fully saturated rings. The summed E-state index contributed by atoms with van der Waals surface area (Å²) in [7, 11) is 0. The van der Waals surface area contributed by atoms with Gasteiger partial charge in [-0.15, -0.1) is 0 Å². The van der Waals surface area contributed by atoms with Gasteiger partial charge >= 0.3 is 11.9 Å². The number of amides is 2. The highest BCUT2D eigenvalue weighted by Crippen LogP contribution is 2.49. The first-order valence-electron chi connectivity index (χ1n) is 18.9. The molecule has 4 aromatic carbocycles. The summed E-state index contributed by atoms with van der Waals surface area (Å²) in [6.45, 7) is 1.22. The SMILES string of the molecule is O=C(O)C1C(C(=O)O)C(C(=O)N(Cc2ccc(Oc3ccccc3)cc2)CC2CCC2)C1C(=O)N(Cc1ccc(Oc2ccccc2)cc1)CC1CCC1. The molecule has 4 unspecified atom stereocenters. The molecule has 2 N–H and O–H groups in total. The van der Waals surface area contributed by atoms with Gasteiger partial charge in [0.05, 0.1) is 23.7 Å². The molecule has 0 radical (unpaired) electrons. The molecule has 280 valence electrons. The summed E-state index contributed by atoms with van der Waals surface area (Å²) in [4.78, 5) is 58.0. The Balaban J connectivity index is 1.12. The number of aliphatic carboxylic acids is 2. The first kappa shape index (κ1) is 36.7. The molecule has 3 aliphatic rings. The average molecular weight is 731 g/mol. The minimum atomic E-state index is -1.52. The first-order valence-corrected chi connectivity index (χ1v) is 18.9. The van der Waals surface area contributed by atoms with Crippen LogP contribution >= 0.6 is 0 Å². The second kappa shape index (κ2) is 16.6. The van der Waals surface area contributed by atoms with E-state index < -0.39 is 47.4 Å². The number of rotatable bonds is 16. The fraction of sp³-hybridized carbons (Fsp3) is 0.364. The number of para-hydroxylation sites is 2. The molecule has 0 aliphatic heterocycles. The maximum atomic E-state index is 14.6.